The highest BCUT2D eigenvalue weighted by molar-refractivity contribution is 7.71. The summed E-state index contributed by atoms with van der Waals surface area (Å²) >= 11 is 5.33. The predicted molar refractivity (Wildman–Crippen MR) is 99.6 cm³/mol. The number of hydrogen-bond acceptors (Lipinski definition) is 3. The van der Waals surface area contributed by atoms with Crippen LogP contribution < -0.4 is 5.32 Å². The summed E-state index contributed by atoms with van der Waals surface area (Å²) in [5, 5.41) is 6.40. The van der Waals surface area contributed by atoms with Gasteiger partial charge in [-0.3, -0.25) is 4.79 Å². The van der Waals surface area contributed by atoms with Crippen molar-refractivity contribution in [3.05, 3.63) is 70.5 Å². The van der Waals surface area contributed by atoms with E-state index in [4.69, 9.17) is 12.2 Å². The van der Waals surface area contributed by atoms with Crippen molar-refractivity contribution >= 4 is 29.5 Å². The quantitative estimate of drug-likeness (QED) is 0.755. The Labute approximate surface area is 159 Å². The highest BCUT2D eigenvalue weighted by atomic mass is 32.1. The topological polar surface area (TPSA) is 46.9 Å². The fourth-order valence-electron chi connectivity index (χ4n) is 2.64. The second-order valence-electron chi connectivity index (χ2n) is 6.01. The summed E-state index contributed by atoms with van der Waals surface area (Å²) in [4.78, 5) is 11.1. The fraction of sp³-hybridized carbons (Fsp3) is 0.211. The van der Waals surface area contributed by atoms with Gasteiger partial charge in [-0.05, 0) is 42.7 Å². The van der Waals surface area contributed by atoms with Gasteiger partial charge in [0.25, 0.3) is 0 Å². The molecule has 0 spiro atoms. The summed E-state index contributed by atoms with van der Waals surface area (Å²) in [7, 11) is 0. The van der Waals surface area contributed by atoms with Gasteiger partial charge >= 0.3 is 12.1 Å². The largest absolute Gasteiger partial charge is 0.471 e. The number of anilines is 1. The molecule has 0 atom stereocenters. The second kappa shape index (κ2) is 7.87. The number of benzene rings is 1. The predicted octanol–water partition coefficient (Wildman–Crippen LogP) is 4.90. The highest BCUT2D eigenvalue weighted by Gasteiger charge is 2.38. The van der Waals surface area contributed by atoms with Crippen molar-refractivity contribution in [2.45, 2.75) is 25.4 Å². The molecule has 1 aromatic carbocycles. The van der Waals surface area contributed by atoms with Gasteiger partial charge in [-0.2, -0.15) is 18.3 Å². The minimum Gasteiger partial charge on any atom is -0.318 e. The van der Waals surface area contributed by atoms with Crippen LogP contribution in [0.15, 0.2) is 54.8 Å². The van der Waals surface area contributed by atoms with Crippen molar-refractivity contribution in [3.8, 4) is 0 Å². The Morgan fingerprint density at radius 1 is 1.26 bits per heavy atom. The van der Waals surface area contributed by atoms with E-state index in [0.29, 0.717) is 22.2 Å². The first-order valence-electron chi connectivity index (χ1n) is 8.26. The SMILES string of the molecule is O=C(Nc1cccc(Cc2nn(C3=CCCC=C3)ccc2=S)c1)C(F)(F)F. The molecule has 1 aliphatic rings. The zero-order valence-electron chi connectivity index (χ0n) is 14.2. The Kier molecular flexibility index (Phi) is 5.55. The van der Waals surface area contributed by atoms with Crippen LogP contribution >= 0.6 is 12.2 Å². The third-order valence-corrected chi connectivity index (χ3v) is 4.31. The van der Waals surface area contributed by atoms with Crippen molar-refractivity contribution in [2.24, 2.45) is 0 Å². The van der Waals surface area contributed by atoms with Gasteiger partial charge in [-0.25, -0.2) is 4.68 Å². The van der Waals surface area contributed by atoms with Gasteiger partial charge in [-0.15, -0.1) is 0 Å². The number of nitrogens with one attached hydrogen (secondary N) is 1. The normalized spacial score (nSPS) is 14.0. The standard InChI is InChI=1S/C19H16F3N3OS/c20-19(21,22)18(26)23-14-6-4-5-13(11-14)12-16-17(27)9-10-25(24-16)15-7-2-1-3-8-15/h2,4-11H,1,3,12H2,(H,23,26). The van der Waals surface area contributed by atoms with Crippen molar-refractivity contribution in [2.75, 3.05) is 5.32 Å². The number of nitrogens with zero attached hydrogens (tertiary/aromatic N) is 2. The van der Waals surface area contributed by atoms with Crippen molar-refractivity contribution in [3.63, 3.8) is 0 Å². The van der Waals surface area contributed by atoms with Crippen LogP contribution in [0.1, 0.15) is 24.1 Å². The Hall–Kier alpha value is -2.74. The van der Waals surface area contributed by atoms with E-state index in [9.17, 15) is 18.0 Å². The lowest BCUT2D eigenvalue weighted by atomic mass is 10.1. The number of aromatic nitrogens is 2. The minimum atomic E-state index is -4.93. The molecule has 27 heavy (non-hydrogen) atoms. The zero-order chi connectivity index (χ0) is 19.4. The molecule has 0 saturated carbocycles. The van der Waals surface area contributed by atoms with Crippen LogP contribution in [0, 0.1) is 4.51 Å². The van der Waals surface area contributed by atoms with E-state index in [-0.39, 0.29) is 5.69 Å². The smallest absolute Gasteiger partial charge is 0.318 e. The van der Waals surface area contributed by atoms with Gasteiger partial charge in [0.1, 0.15) is 0 Å². The number of rotatable bonds is 4. The Bertz CT molecular complexity index is 977. The lowest BCUT2D eigenvalue weighted by Gasteiger charge is -2.12. The number of hydrogen-bond donors (Lipinski definition) is 1. The molecule has 1 aliphatic carbocycles. The van der Waals surface area contributed by atoms with Crippen LogP contribution in [0.3, 0.4) is 0 Å². The maximum absolute atomic E-state index is 12.4. The number of carbonyl (C=O) groups is 1. The van der Waals surface area contributed by atoms with E-state index in [1.54, 1.807) is 29.1 Å². The van der Waals surface area contributed by atoms with E-state index in [2.05, 4.69) is 17.3 Å². The molecule has 1 heterocycles. The Balaban J connectivity index is 1.82. The average molecular weight is 391 g/mol. The number of alkyl halides is 3. The summed E-state index contributed by atoms with van der Waals surface area (Å²) in [5.74, 6) is -2.00. The van der Waals surface area contributed by atoms with Crippen LogP contribution in [-0.4, -0.2) is 21.9 Å². The monoisotopic (exact) mass is 391 g/mol. The molecule has 0 unspecified atom stereocenters. The van der Waals surface area contributed by atoms with E-state index in [1.165, 1.54) is 12.1 Å². The van der Waals surface area contributed by atoms with Gasteiger partial charge in [0.05, 0.1) is 15.9 Å². The number of halogens is 3. The number of amides is 1. The van der Waals surface area contributed by atoms with Gasteiger partial charge < -0.3 is 5.32 Å². The number of allylic oxidation sites excluding steroid dienone is 4. The number of carbonyl (C=O) groups excluding carboxylic acids is 1. The molecule has 140 valence electrons. The van der Waals surface area contributed by atoms with E-state index < -0.39 is 12.1 Å². The first kappa shape index (κ1) is 19.0. The molecule has 0 aliphatic heterocycles. The zero-order valence-corrected chi connectivity index (χ0v) is 15.0. The van der Waals surface area contributed by atoms with Gasteiger partial charge in [0.2, 0.25) is 0 Å². The van der Waals surface area contributed by atoms with Crippen LogP contribution in [-0.2, 0) is 11.2 Å². The molecule has 2 aromatic rings. The molecular formula is C19H16F3N3OS. The van der Waals surface area contributed by atoms with Gasteiger partial charge in [-0.1, -0.05) is 36.5 Å². The van der Waals surface area contributed by atoms with E-state index in [0.717, 1.165) is 18.5 Å². The van der Waals surface area contributed by atoms with Crippen molar-refractivity contribution in [1.82, 2.24) is 9.78 Å². The Morgan fingerprint density at radius 3 is 2.78 bits per heavy atom. The summed E-state index contributed by atoms with van der Waals surface area (Å²) < 4.78 is 39.5. The molecule has 1 aromatic heterocycles. The third kappa shape index (κ3) is 4.91. The fourth-order valence-corrected chi connectivity index (χ4v) is 2.81. The molecule has 0 fully saturated rings. The summed E-state index contributed by atoms with van der Waals surface area (Å²) in [6, 6.07) is 7.98. The average Bonchev–Trinajstić information content (AvgIpc) is 2.64. The Morgan fingerprint density at radius 2 is 2.07 bits per heavy atom. The molecule has 4 nitrogen and oxygen atoms in total. The summed E-state index contributed by atoms with van der Waals surface area (Å²) in [6.07, 6.45) is 5.25. The molecule has 1 amide bonds. The second-order valence-corrected chi connectivity index (χ2v) is 6.45. The van der Waals surface area contributed by atoms with Gasteiger partial charge in [0.15, 0.2) is 0 Å². The van der Waals surface area contributed by atoms with Crippen LogP contribution in [0.25, 0.3) is 5.70 Å². The summed E-state index contributed by atoms with van der Waals surface area (Å²) in [6.45, 7) is 0. The molecular weight excluding hydrogens is 375 g/mol. The minimum absolute atomic E-state index is 0.0717. The maximum atomic E-state index is 12.4. The van der Waals surface area contributed by atoms with E-state index in [1.807, 2.05) is 11.4 Å². The summed E-state index contributed by atoms with van der Waals surface area (Å²) in [5.41, 5.74) is 2.34. The first-order chi connectivity index (χ1) is 12.8. The molecule has 0 saturated heterocycles. The maximum Gasteiger partial charge on any atom is 0.471 e. The molecule has 3 rings (SSSR count). The molecule has 0 radical (unpaired) electrons. The lowest BCUT2D eigenvalue weighted by molar-refractivity contribution is -0.167. The van der Waals surface area contributed by atoms with Crippen molar-refractivity contribution < 1.29 is 18.0 Å². The molecule has 8 heteroatoms. The van der Waals surface area contributed by atoms with E-state index >= 15 is 0 Å². The van der Waals surface area contributed by atoms with Crippen LogP contribution in [0.2, 0.25) is 0 Å². The van der Waals surface area contributed by atoms with Gasteiger partial charge in [0, 0.05) is 18.3 Å². The van der Waals surface area contributed by atoms with Crippen LogP contribution in [0.4, 0.5) is 18.9 Å². The third-order valence-electron chi connectivity index (χ3n) is 3.93. The van der Waals surface area contributed by atoms with Crippen molar-refractivity contribution in [1.29, 1.82) is 0 Å². The molecule has 0 bridgehead atoms. The lowest BCUT2D eigenvalue weighted by Crippen LogP contribution is -2.29. The molecule has 1 N–H and O–H groups in total. The first-order valence-corrected chi connectivity index (χ1v) is 8.67. The van der Waals surface area contributed by atoms with Crippen LogP contribution in [0.5, 0.6) is 0 Å². The highest BCUT2D eigenvalue weighted by Crippen LogP contribution is 2.20.